The highest BCUT2D eigenvalue weighted by Crippen LogP contribution is 2.45. The lowest BCUT2D eigenvalue weighted by Gasteiger charge is -2.10. The maximum Gasteiger partial charge on any atom is 0.397 e. The van der Waals surface area contributed by atoms with E-state index in [2.05, 4.69) is 38.2 Å². The zero-order valence-corrected chi connectivity index (χ0v) is 27.8. The first-order valence-corrected chi connectivity index (χ1v) is 18.0. The zero-order valence-electron chi connectivity index (χ0n) is 23.7. The lowest BCUT2D eigenvalue weighted by atomic mass is 10.2. The van der Waals surface area contributed by atoms with Crippen LogP contribution in [0.3, 0.4) is 0 Å². The third-order valence-corrected chi connectivity index (χ3v) is 8.66. The average molecular weight is 773 g/mol. The predicted molar refractivity (Wildman–Crippen MR) is 167 cm³/mol. The molecule has 7 N–H and O–H groups in total. The molecule has 48 heavy (non-hydrogen) atoms. The SMILES string of the molecule is Nc1c(N=Nc2cccc(S(=O)OCCOS(=O)(=O)O)c2)cc(SOOO)c(N)c1N=Nc1cccc(S(=O)OCCOS(=O)(=O)O)c1. The molecule has 3 aromatic rings. The van der Waals surface area contributed by atoms with Crippen LogP contribution in [0.15, 0.2) is 89.7 Å². The van der Waals surface area contributed by atoms with Crippen molar-refractivity contribution in [3.8, 4) is 0 Å². The molecule has 0 aliphatic heterocycles. The fourth-order valence-electron chi connectivity index (χ4n) is 3.13. The average Bonchev–Trinajstić information content (AvgIpc) is 3.03. The minimum atomic E-state index is -4.68. The highest BCUT2D eigenvalue weighted by molar-refractivity contribution is 7.94. The molecule has 2 unspecified atom stereocenters. The van der Waals surface area contributed by atoms with Gasteiger partial charge in [0.1, 0.15) is 11.4 Å². The van der Waals surface area contributed by atoms with Crippen LogP contribution < -0.4 is 11.5 Å². The van der Waals surface area contributed by atoms with Crippen LogP contribution in [-0.4, -0.2) is 66.0 Å². The zero-order chi connectivity index (χ0) is 35.3. The van der Waals surface area contributed by atoms with Crippen LogP contribution in [0.25, 0.3) is 0 Å². The minimum Gasteiger partial charge on any atom is -0.396 e. The van der Waals surface area contributed by atoms with Crippen LogP contribution in [0.4, 0.5) is 34.1 Å². The Bertz CT molecular complexity index is 1910. The van der Waals surface area contributed by atoms with Gasteiger partial charge in [-0.25, -0.2) is 22.0 Å². The molecule has 0 heterocycles. The Kier molecular flexibility index (Phi) is 15.0. The molecule has 3 rings (SSSR count). The largest absolute Gasteiger partial charge is 0.397 e. The quantitative estimate of drug-likeness (QED) is 0.0220. The molecule has 0 saturated heterocycles. The van der Waals surface area contributed by atoms with Crippen LogP contribution >= 0.6 is 12.0 Å². The monoisotopic (exact) mass is 772 g/mol. The Balaban J connectivity index is 1.82. The molecule has 0 aliphatic carbocycles. The summed E-state index contributed by atoms with van der Waals surface area (Å²) in [5.74, 6) is 0. The summed E-state index contributed by atoms with van der Waals surface area (Å²) in [6.45, 7) is -2.03. The van der Waals surface area contributed by atoms with Crippen molar-refractivity contribution in [2.75, 3.05) is 37.9 Å². The minimum absolute atomic E-state index is 0.0114. The van der Waals surface area contributed by atoms with Gasteiger partial charge in [0.25, 0.3) is 0 Å². The Morgan fingerprint density at radius 3 is 1.69 bits per heavy atom. The Labute approximate surface area is 281 Å². The summed E-state index contributed by atoms with van der Waals surface area (Å²) < 4.78 is 107. The number of nitrogen functional groups attached to an aromatic ring is 2. The van der Waals surface area contributed by atoms with Crippen molar-refractivity contribution >= 4 is 89.1 Å². The van der Waals surface area contributed by atoms with E-state index in [1.165, 1.54) is 54.6 Å². The van der Waals surface area contributed by atoms with E-state index in [1.807, 2.05) is 0 Å². The van der Waals surface area contributed by atoms with Crippen LogP contribution in [0, 0.1) is 0 Å². The van der Waals surface area contributed by atoms with Gasteiger partial charge in [-0.15, -0.1) is 14.6 Å². The van der Waals surface area contributed by atoms with Crippen molar-refractivity contribution in [2.24, 2.45) is 20.5 Å². The molecule has 26 heteroatoms. The van der Waals surface area contributed by atoms with Crippen LogP contribution in [0.1, 0.15) is 0 Å². The Hall–Kier alpha value is -3.35. The van der Waals surface area contributed by atoms with Crippen molar-refractivity contribution in [3.63, 3.8) is 0 Å². The van der Waals surface area contributed by atoms with Gasteiger partial charge in [-0.05, 0) is 42.5 Å². The number of azo groups is 2. The first kappa shape index (κ1) is 39.1. The lowest BCUT2D eigenvalue weighted by molar-refractivity contribution is -0.432. The molecule has 0 saturated carbocycles. The second kappa shape index (κ2) is 18.4. The highest BCUT2D eigenvalue weighted by atomic mass is 32.3. The van der Waals surface area contributed by atoms with Gasteiger partial charge < -0.3 is 11.5 Å². The molecule has 0 fully saturated rings. The predicted octanol–water partition coefficient (Wildman–Crippen LogP) is 3.83. The number of benzene rings is 3. The summed E-state index contributed by atoms with van der Waals surface area (Å²) in [6, 6.07) is 12.8. The van der Waals surface area contributed by atoms with Crippen LogP contribution in [0.5, 0.6) is 0 Å². The molecule has 0 amide bonds. The van der Waals surface area contributed by atoms with E-state index in [0.717, 1.165) is 0 Å². The fourth-order valence-corrected chi connectivity index (χ4v) is 5.66. The van der Waals surface area contributed by atoms with E-state index in [-0.39, 0.29) is 48.8 Å². The second-order valence-corrected chi connectivity index (χ2v) is 13.6. The molecule has 0 aliphatic rings. The number of nitrogens with two attached hydrogens (primary N) is 2. The molecule has 21 nitrogen and oxygen atoms in total. The van der Waals surface area contributed by atoms with Crippen LogP contribution in [0.2, 0.25) is 0 Å². The fraction of sp³-hybridized carbons (Fsp3) is 0.182. The summed E-state index contributed by atoms with van der Waals surface area (Å²) in [5.41, 5.74) is 12.5. The van der Waals surface area contributed by atoms with Gasteiger partial charge in [0.05, 0.1) is 75.9 Å². The summed E-state index contributed by atoms with van der Waals surface area (Å²) in [5, 5.41) is 28.5. The number of hydrogen-bond acceptors (Lipinski definition) is 20. The van der Waals surface area contributed by atoms with Gasteiger partial charge in [0.2, 0.25) is 0 Å². The van der Waals surface area contributed by atoms with Gasteiger partial charge >= 0.3 is 20.8 Å². The van der Waals surface area contributed by atoms with Gasteiger partial charge in [-0.3, -0.25) is 17.5 Å². The molecule has 0 radical (unpaired) electrons. The van der Waals surface area contributed by atoms with E-state index in [9.17, 15) is 25.3 Å². The third kappa shape index (κ3) is 13.3. The molecule has 2 atom stereocenters. The first-order valence-electron chi connectivity index (χ1n) is 12.4. The van der Waals surface area contributed by atoms with E-state index in [1.54, 1.807) is 0 Å². The standard InChI is InChI=1S/C22H24N6O15S5/c23-20-18(27-25-14-3-1-5-16(11-14)45(30)38-7-9-40-47(32,33)34)13-19(44-43-42-29)21(24)22(20)28-26-15-4-2-6-17(12-15)46(31)39-8-10-41-48(35,36)37/h1-6,11-13,29H,7-10,23-24H2,(H,32,33,34)(H,35,36,37). The maximum atomic E-state index is 12.4. The molecular weight excluding hydrogens is 749 g/mol. The van der Waals surface area contributed by atoms with Crippen molar-refractivity contribution in [3.05, 3.63) is 54.6 Å². The van der Waals surface area contributed by atoms with Gasteiger partial charge in [-0.2, -0.15) is 27.1 Å². The number of nitrogens with zero attached hydrogens (tertiary/aromatic N) is 4. The smallest absolute Gasteiger partial charge is 0.396 e. The van der Waals surface area contributed by atoms with Crippen LogP contribution in [-0.2, 0) is 69.1 Å². The number of anilines is 2. The summed E-state index contributed by atoms with van der Waals surface area (Å²) in [6.07, 6.45) is 0. The molecule has 0 aromatic heterocycles. The van der Waals surface area contributed by atoms with E-state index in [0.29, 0.717) is 12.0 Å². The molecule has 262 valence electrons. The summed E-state index contributed by atoms with van der Waals surface area (Å²) >= 11 is -3.68. The number of hydrogen-bond donors (Lipinski definition) is 5. The Morgan fingerprint density at radius 2 is 1.21 bits per heavy atom. The van der Waals surface area contributed by atoms with Crippen molar-refractivity contribution < 1.29 is 65.7 Å². The second-order valence-electron chi connectivity index (χ2n) is 8.30. The normalized spacial score (nSPS) is 13.7. The summed E-state index contributed by atoms with van der Waals surface area (Å²) in [4.78, 5) is 0.348. The van der Waals surface area contributed by atoms with Gasteiger partial charge in [-0.1, -0.05) is 17.2 Å². The lowest BCUT2D eigenvalue weighted by Crippen LogP contribution is -2.11. The van der Waals surface area contributed by atoms with Gasteiger partial charge in [0.15, 0.2) is 22.2 Å². The van der Waals surface area contributed by atoms with E-state index >= 15 is 0 Å². The molecule has 3 aromatic carbocycles. The third-order valence-electron chi connectivity index (χ3n) is 5.04. The Morgan fingerprint density at radius 1 is 0.708 bits per heavy atom. The topological polar surface area (TPSA) is 320 Å². The number of rotatable bonds is 19. The van der Waals surface area contributed by atoms with Crippen molar-refractivity contribution in [1.29, 1.82) is 0 Å². The summed E-state index contributed by atoms with van der Waals surface area (Å²) in [7, 11) is -9.36. The first-order chi connectivity index (χ1) is 22.7. The van der Waals surface area contributed by atoms with Gasteiger partial charge in [0, 0.05) is 0 Å². The van der Waals surface area contributed by atoms with E-state index < -0.39 is 69.4 Å². The van der Waals surface area contributed by atoms with E-state index in [4.69, 9.17) is 34.2 Å². The van der Waals surface area contributed by atoms with Crippen molar-refractivity contribution in [1.82, 2.24) is 0 Å². The molecular formula is C22H24N6O15S5. The highest BCUT2D eigenvalue weighted by Gasteiger charge is 2.17. The molecule has 0 bridgehead atoms. The molecule has 0 spiro atoms. The van der Waals surface area contributed by atoms with Crippen molar-refractivity contribution in [2.45, 2.75) is 14.7 Å². The maximum absolute atomic E-state index is 12.4.